The fourth-order valence-electron chi connectivity index (χ4n) is 4.60. The van der Waals surface area contributed by atoms with Crippen LogP contribution in [0.4, 0.5) is 5.95 Å². The third-order valence-corrected chi connectivity index (χ3v) is 7.45. The highest BCUT2D eigenvalue weighted by Gasteiger charge is 2.29. The van der Waals surface area contributed by atoms with E-state index in [0.717, 1.165) is 30.5 Å². The summed E-state index contributed by atoms with van der Waals surface area (Å²) in [6.07, 6.45) is 1.65. The molecule has 35 heavy (non-hydrogen) atoms. The molecular formula is C27H28N4O3S. The van der Waals surface area contributed by atoms with Crippen molar-refractivity contribution in [2.24, 2.45) is 5.92 Å². The third kappa shape index (κ3) is 4.66. The van der Waals surface area contributed by atoms with Gasteiger partial charge in [0, 0.05) is 25.7 Å². The zero-order valence-electron chi connectivity index (χ0n) is 19.9. The second-order valence-electron chi connectivity index (χ2n) is 8.82. The summed E-state index contributed by atoms with van der Waals surface area (Å²) in [7, 11) is 1.61. The van der Waals surface area contributed by atoms with Crippen LogP contribution in [0, 0.1) is 12.8 Å². The van der Waals surface area contributed by atoms with Gasteiger partial charge in [-0.05, 0) is 54.5 Å². The van der Waals surface area contributed by atoms with Gasteiger partial charge >= 0.3 is 0 Å². The number of carbonyl (C=O) groups excluding carboxylic acids is 1. The minimum atomic E-state index is -0.179. The van der Waals surface area contributed by atoms with Gasteiger partial charge < -0.3 is 15.0 Å². The van der Waals surface area contributed by atoms with Crippen molar-refractivity contribution in [3.05, 3.63) is 81.5 Å². The summed E-state index contributed by atoms with van der Waals surface area (Å²) in [5.41, 5.74) is 3.54. The van der Waals surface area contributed by atoms with Crippen LogP contribution >= 0.6 is 11.3 Å². The molecule has 1 saturated heterocycles. The quantitative estimate of drug-likeness (QED) is 0.438. The summed E-state index contributed by atoms with van der Waals surface area (Å²) in [5, 5.41) is 5.00. The molecule has 8 heteroatoms. The van der Waals surface area contributed by atoms with Crippen molar-refractivity contribution in [3.8, 4) is 11.4 Å². The maximum atomic E-state index is 13.5. The Labute approximate surface area is 208 Å². The Balaban J connectivity index is 1.45. The molecule has 0 aliphatic carbocycles. The van der Waals surface area contributed by atoms with Crippen LogP contribution in [0.25, 0.3) is 15.9 Å². The molecule has 1 aliphatic rings. The highest BCUT2D eigenvalue weighted by molar-refractivity contribution is 7.17. The maximum Gasteiger partial charge on any atom is 0.277 e. The van der Waals surface area contributed by atoms with Crippen molar-refractivity contribution in [2.45, 2.75) is 26.3 Å². The van der Waals surface area contributed by atoms with Crippen LogP contribution in [0.15, 0.2) is 64.8 Å². The molecule has 2 aromatic carbocycles. The number of thiophene rings is 1. The van der Waals surface area contributed by atoms with Gasteiger partial charge in [0.15, 0.2) is 0 Å². The molecule has 3 heterocycles. The lowest BCUT2D eigenvalue weighted by atomic mass is 9.97. The fourth-order valence-corrected chi connectivity index (χ4v) is 5.36. The lowest BCUT2D eigenvalue weighted by Gasteiger charge is -2.34. The smallest absolute Gasteiger partial charge is 0.277 e. The number of anilines is 1. The number of fused-ring (bicyclic) bond motifs is 1. The molecular weight excluding hydrogens is 460 g/mol. The lowest BCUT2D eigenvalue weighted by molar-refractivity contribution is -0.125. The number of hydrogen-bond donors (Lipinski definition) is 1. The second kappa shape index (κ2) is 9.92. The number of aryl methyl sites for hydroxylation is 1. The number of carbonyl (C=O) groups is 1. The molecule has 0 spiro atoms. The first kappa shape index (κ1) is 23.1. The zero-order valence-corrected chi connectivity index (χ0v) is 20.7. The lowest BCUT2D eigenvalue weighted by Crippen LogP contribution is -2.45. The number of nitrogens with zero attached hydrogens (tertiary/aromatic N) is 3. The molecule has 1 fully saturated rings. The largest absolute Gasteiger partial charge is 0.497 e. The van der Waals surface area contributed by atoms with Gasteiger partial charge in [-0.2, -0.15) is 0 Å². The molecule has 4 aromatic rings. The van der Waals surface area contributed by atoms with Gasteiger partial charge in [-0.1, -0.05) is 30.3 Å². The Morgan fingerprint density at radius 1 is 1.20 bits per heavy atom. The molecule has 1 aliphatic heterocycles. The van der Waals surface area contributed by atoms with Crippen molar-refractivity contribution < 1.29 is 9.53 Å². The van der Waals surface area contributed by atoms with E-state index in [9.17, 15) is 9.59 Å². The monoisotopic (exact) mass is 488 g/mol. The number of hydrogen-bond acceptors (Lipinski definition) is 6. The van der Waals surface area contributed by atoms with Gasteiger partial charge in [-0.25, -0.2) is 9.55 Å². The Bertz CT molecular complexity index is 1430. The Morgan fingerprint density at radius 2 is 2.06 bits per heavy atom. The minimum Gasteiger partial charge on any atom is -0.497 e. The van der Waals surface area contributed by atoms with E-state index in [4.69, 9.17) is 9.72 Å². The molecule has 180 valence electrons. The minimum absolute atomic E-state index is 0.0323. The normalized spacial score (nSPS) is 15.8. The summed E-state index contributed by atoms with van der Waals surface area (Å²) < 4.78 is 7.65. The summed E-state index contributed by atoms with van der Waals surface area (Å²) in [4.78, 5) is 33.6. The van der Waals surface area contributed by atoms with Crippen LogP contribution in [0.1, 0.15) is 24.0 Å². The molecule has 1 atom stereocenters. The number of piperidine rings is 1. The number of aromatic nitrogens is 2. The first-order chi connectivity index (χ1) is 17.0. The summed E-state index contributed by atoms with van der Waals surface area (Å²) in [5.74, 6) is 1.08. The molecule has 1 amide bonds. The number of rotatable bonds is 6. The maximum absolute atomic E-state index is 13.5. The highest BCUT2D eigenvalue weighted by atomic mass is 32.1. The Kier molecular flexibility index (Phi) is 6.55. The predicted molar refractivity (Wildman–Crippen MR) is 140 cm³/mol. The average molecular weight is 489 g/mol. The van der Waals surface area contributed by atoms with E-state index in [1.807, 2.05) is 66.9 Å². The molecule has 5 rings (SSSR count). The predicted octanol–water partition coefficient (Wildman–Crippen LogP) is 4.30. The van der Waals surface area contributed by atoms with Crippen molar-refractivity contribution in [3.63, 3.8) is 0 Å². The topological polar surface area (TPSA) is 76.5 Å². The van der Waals surface area contributed by atoms with Gasteiger partial charge in [0.2, 0.25) is 11.9 Å². The van der Waals surface area contributed by atoms with Gasteiger partial charge in [0.1, 0.15) is 10.4 Å². The van der Waals surface area contributed by atoms with Crippen molar-refractivity contribution in [1.82, 2.24) is 14.9 Å². The van der Waals surface area contributed by atoms with Crippen LogP contribution < -0.4 is 20.5 Å². The first-order valence-electron chi connectivity index (χ1n) is 11.8. The summed E-state index contributed by atoms with van der Waals surface area (Å²) in [6.45, 7) is 3.79. The van der Waals surface area contributed by atoms with E-state index in [-0.39, 0.29) is 17.4 Å². The van der Waals surface area contributed by atoms with Crippen LogP contribution in [-0.2, 0) is 11.3 Å². The number of amides is 1. The SMILES string of the molecule is COc1cccc(-n2c(N3CCC[C@@H](C(=O)NCc4ccccc4C)C3)nc3ccsc3c2=O)c1. The molecule has 0 saturated carbocycles. The van der Waals surface area contributed by atoms with E-state index < -0.39 is 0 Å². The van der Waals surface area contributed by atoms with Gasteiger partial charge in [0.25, 0.3) is 5.56 Å². The molecule has 0 radical (unpaired) electrons. The zero-order chi connectivity index (χ0) is 24.4. The number of methoxy groups -OCH3 is 1. The second-order valence-corrected chi connectivity index (χ2v) is 9.73. The average Bonchev–Trinajstić information content (AvgIpc) is 3.37. The third-order valence-electron chi connectivity index (χ3n) is 6.56. The first-order valence-corrected chi connectivity index (χ1v) is 12.6. The number of benzene rings is 2. The number of nitrogens with one attached hydrogen (secondary N) is 1. The summed E-state index contributed by atoms with van der Waals surface area (Å²) >= 11 is 1.39. The standard InChI is InChI=1S/C27H28N4O3S/c1-18-7-3-4-8-19(18)16-28-25(32)20-9-6-13-30(17-20)27-29-23-12-14-35-24(23)26(33)31(27)21-10-5-11-22(15-21)34-2/h3-5,7-8,10-12,14-15,20H,6,9,13,16-17H2,1-2H3,(H,28,32)/t20-/m1/s1. The fraction of sp³-hybridized carbons (Fsp3) is 0.296. The van der Waals surface area contributed by atoms with Crippen LogP contribution in [0.3, 0.4) is 0 Å². The summed E-state index contributed by atoms with van der Waals surface area (Å²) in [6, 6.07) is 17.4. The van der Waals surface area contributed by atoms with Crippen LogP contribution in [-0.4, -0.2) is 35.7 Å². The van der Waals surface area contributed by atoms with E-state index in [1.54, 1.807) is 11.7 Å². The highest BCUT2D eigenvalue weighted by Crippen LogP contribution is 2.27. The van der Waals surface area contributed by atoms with Gasteiger partial charge in [0.05, 0.1) is 24.2 Å². The Morgan fingerprint density at radius 3 is 2.89 bits per heavy atom. The molecule has 1 N–H and O–H groups in total. The number of ether oxygens (including phenoxy) is 1. The van der Waals surface area contributed by atoms with E-state index in [1.165, 1.54) is 11.3 Å². The van der Waals surface area contributed by atoms with Crippen LogP contribution in [0.2, 0.25) is 0 Å². The molecule has 2 aromatic heterocycles. The van der Waals surface area contributed by atoms with Crippen LogP contribution in [0.5, 0.6) is 5.75 Å². The van der Waals surface area contributed by atoms with Crippen molar-refractivity contribution >= 4 is 33.4 Å². The molecule has 7 nitrogen and oxygen atoms in total. The van der Waals surface area contributed by atoms with E-state index >= 15 is 0 Å². The Hall–Kier alpha value is -3.65. The molecule has 0 unspecified atom stereocenters. The van der Waals surface area contributed by atoms with E-state index in [0.29, 0.717) is 40.7 Å². The van der Waals surface area contributed by atoms with E-state index in [2.05, 4.69) is 10.2 Å². The van der Waals surface area contributed by atoms with Crippen molar-refractivity contribution in [1.29, 1.82) is 0 Å². The van der Waals surface area contributed by atoms with Gasteiger partial charge in [-0.3, -0.25) is 9.59 Å². The van der Waals surface area contributed by atoms with Gasteiger partial charge in [-0.15, -0.1) is 11.3 Å². The van der Waals surface area contributed by atoms with Crippen molar-refractivity contribution in [2.75, 3.05) is 25.1 Å². The molecule has 0 bridgehead atoms.